The fourth-order valence-electron chi connectivity index (χ4n) is 1.95. The first kappa shape index (κ1) is 13.6. The minimum absolute atomic E-state index is 0.0666. The van der Waals surface area contributed by atoms with E-state index in [1.54, 1.807) is 6.07 Å². The molecule has 1 aromatic carbocycles. The number of nitrogens with one attached hydrogen (secondary N) is 1. The average molecular weight is 288 g/mol. The first-order valence-electron chi connectivity index (χ1n) is 5.68. The summed E-state index contributed by atoms with van der Waals surface area (Å²) in [6.45, 7) is 2.67. The molecule has 1 saturated heterocycles. The molecule has 98 valence electrons. The summed E-state index contributed by atoms with van der Waals surface area (Å²) in [6.07, 6.45) is -0.322. The third-order valence-electron chi connectivity index (χ3n) is 2.92. The Kier molecular flexibility index (Phi) is 4.45. The average Bonchev–Trinajstić information content (AvgIpc) is 2.35. The van der Waals surface area contributed by atoms with Crippen LogP contribution in [0.25, 0.3) is 0 Å². The Morgan fingerprint density at radius 1 is 1.50 bits per heavy atom. The molecule has 0 amide bonds. The standard InChI is InChI=1S/C12H15Cl2N3O/c13-9-3-1-2-8(11(9)14)6-17-4-5-18-10(7-17)12(15)16/h1-3,10H,4-7H2,(H3,15,16). The Bertz CT molecular complexity index is 453. The van der Waals surface area contributed by atoms with E-state index in [1.165, 1.54) is 0 Å². The molecule has 2 rings (SSSR count). The Hall–Kier alpha value is -0.810. The molecule has 0 radical (unpaired) electrons. The van der Waals surface area contributed by atoms with Gasteiger partial charge < -0.3 is 10.5 Å². The molecule has 0 aliphatic carbocycles. The van der Waals surface area contributed by atoms with E-state index in [2.05, 4.69) is 4.90 Å². The number of rotatable bonds is 3. The van der Waals surface area contributed by atoms with Gasteiger partial charge in [0.1, 0.15) is 11.9 Å². The minimum Gasteiger partial charge on any atom is -0.385 e. The number of nitrogens with zero attached hydrogens (tertiary/aromatic N) is 1. The molecule has 6 heteroatoms. The van der Waals surface area contributed by atoms with Crippen LogP contribution in [0.5, 0.6) is 0 Å². The SMILES string of the molecule is N=C(N)C1CN(Cc2cccc(Cl)c2Cl)CCO1. The molecule has 1 aliphatic rings. The van der Waals surface area contributed by atoms with E-state index in [1.807, 2.05) is 12.1 Å². The zero-order valence-electron chi connectivity index (χ0n) is 9.83. The van der Waals surface area contributed by atoms with Crippen molar-refractivity contribution in [3.8, 4) is 0 Å². The zero-order valence-corrected chi connectivity index (χ0v) is 11.3. The van der Waals surface area contributed by atoms with Crippen LogP contribution in [0.15, 0.2) is 18.2 Å². The van der Waals surface area contributed by atoms with Gasteiger partial charge in [0.05, 0.1) is 16.7 Å². The van der Waals surface area contributed by atoms with Gasteiger partial charge in [-0.3, -0.25) is 10.3 Å². The van der Waals surface area contributed by atoms with Crippen molar-refractivity contribution >= 4 is 29.0 Å². The summed E-state index contributed by atoms with van der Waals surface area (Å²) in [6, 6.07) is 5.60. The maximum absolute atomic E-state index is 7.41. The van der Waals surface area contributed by atoms with Gasteiger partial charge in [-0.25, -0.2) is 0 Å². The van der Waals surface area contributed by atoms with E-state index in [0.29, 0.717) is 29.7 Å². The Morgan fingerprint density at radius 3 is 3.00 bits per heavy atom. The number of amidine groups is 1. The molecule has 1 fully saturated rings. The molecule has 1 unspecified atom stereocenters. The van der Waals surface area contributed by atoms with Crippen molar-refractivity contribution in [2.75, 3.05) is 19.7 Å². The van der Waals surface area contributed by atoms with Gasteiger partial charge in [0.2, 0.25) is 0 Å². The highest BCUT2D eigenvalue weighted by Crippen LogP contribution is 2.26. The van der Waals surface area contributed by atoms with Crippen LogP contribution < -0.4 is 5.73 Å². The molecule has 1 aromatic rings. The predicted molar refractivity (Wildman–Crippen MR) is 73.4 cm³/mol. The lowest BCUT2D eigenvalue weighted by Crippen LogP contribution is -2.47. The van der Waals surface area contributed by atoms with E-state index < -0.39 is 0 Å². The van der Waals surface area contributed by atoms with Crippen LogP contribution >= 0.6 is 23.2 Å². The van der Waals surface area contributed by atoms with Crippen molar-refractivity contribution in [2.24, 2.45) is 5.73 Å². The summed E-state index contributed by atoms with van der Waals surface area (Å²) in [4.78, 5) is 2.16. The van der Waals surface area contributed by atoms with Crippen molar-refractivity contribution in [3.63, 3.8) is 0 Å². The summed E-state index contributed by atoms with van der Waals surface area (Å²) >= 11 is 12.1. The second kappa shape index (κ2) is 5.89. The molecular formula is C12H15Cl2N3O. The number of benzene rings is 1. The molecular weight excluding hydrogens is 273 g/mol. The Morgan fingerprint density at radius 2 is 2.28 bits per heavy atom. The molecule has 1 atom stereocenters. The van der Waals surface area contributed by atoms with Gasteiger partial charge in [0.25, 0.3) is 0 Å². The monoisotopic (exact) mass is 287 g/mol. The first-order valence-corrected chi connectivity index (χ1v) is 6.44. The number of nitrogens with two attached hydrogens (primary N) is 1. The van der Waals surface area contributed by atoms with E-state index in [0.717, 1.165) is 12.1 Å². The van der Waals surface area contributed by atoms with Gasteiger partial charge in [-0.15, -0.1) is 0 Å². The van der Waals surface area contributed by atoms with Gasteiger partial charge in [0, 0.05) is 19.6 Å². The fraction of sp³-hybridized carbons (Fsp3) is 0.417. The number of hydrogen-bond donors (Lipinski definition) is 2. The predicted octanol–water partition coefficient (Wildman–Crippen LogP) is 2.13. The molecule has 0 bridgehead atoms. The van der Waals surface area contributed by atoms with Crippen LogP contribution in [0.1, 0.15) is 5.56 Å². The normalized spacial score (nSPS) is 20.9. The lowest BCUT2D eigenvalue weighted by atomic mass is 10.2. The molecule has 0 spiro atoms. The maximum Gasteiger partial charge on any atom is 0.127 e. The second-order valence-electron chi connectivity index (χ2n) is 4.26. The van der Waals surface area contributed by atoms with E-state index in [4.69, 9.17) is 39.1 Å². The van der Waals surface area contributed by atoms with Crippen molar-refractivity contribution in [2.45, 2.75) is 12.6 Å². The smallest absolute Gasteiger partial charge is 0.127 e. The zero-order chi connectivity index (χ0) is 13.1. The van der Waals surface area contributed by atoms with Gasteiger partial charge in [-0.1, -0.05) is 35.3 Å². The van der Waals surface area contributed by atoms with Crippen LogP contribution in [-0.2, 0) is 11.3 Å². The largest absolute Gasteiger partial charge is 0.385 e. The Labute approximate surface area is 116 Å². The van der Waals surface area contributed by atoms with Crippen LogP contribution in [0, 0.1) is 5.41 Å². The molecule has 18 heavy (non-hydrogen) atoms. The van der Waals surface area contributed by atoms with Crippen molar-refractivity contribution < 1.29 is 4.74 Å². The third-order valence-corrected chi connectivity index (χ3v) is 3.78. The van der Waals surface area contributed by atoms with E-state index >= 15 is 0 Å². The summed E-state index contributed by atoms with van der Waals surface area (Å²) in [5.41, 5.74) is 6.44. The van der Waals surface area contributed by atoms with Gasteiger partial charge in [-0.05, 0) is 11.6 Å². The quantitative estimate of drug-likeness (QED) is 0.661. The maximum atomic E-state index is 7.41. The highest BCUT2D eigenvalue weighted by Gasteiger charge is 2.23. The third kappa shape index (κ3) is 3.14. The molecule has 1 aliphatic heterocycles. The van der Waals surface area contributed by atoms with Gasteiger partial charge >= 0.3 is 0 Å². The van der Waals surface area contributed by atoms with Crippen molar-refractivity contribution in [1.29, 1.82) is 5.41 Å². The topological polar surface area (TPSA) is 62.3 Å². The summed E-state index contributed by atoms with van der Waals surface area (Å²) in [5, 5.41) is 8.56. The van der Waals surface area contributed by atoms with Crippen LogP contribution in [-0.4, -0.2) is 36.5 Å². The van der Waals surface area contributed by atoms with Gasteiger partial charge in [0.15, 0.2) is 0 Å². The minimum atomic E-state index is -0.322. The fourth-order valence-corrected chi connectivity index (χ4v) is 2.33. The number of hydrogen-bond acceptors (Lipinski definition) is 3. The van der Waals surface area contributed by atoms with Crippen LogP contribution in [0.4, 0.5) is 0 Å². The molecule has 1 heterocycles. The summed E-state index contributed by atoms with van der Waals surface area (Å²) < 4.78 is 5.41. The van der Waals surface area contributed by atoms with Crippen LogP contribution in [0.3, 0.4) is 0 Å². The molecule has 4 nitrogen and oxygen atoms in total. The van der Waals surface area contributed by atoms with E-state index in [9.17, 15) is 0 Å². The second-order valence-corrected chi connectivity index (χ2v) is 5.05. The summed E-state index contributed by atoms with van der Waals surface area (Å²) in [5.74, 6) is 0.0666. The van der Waals surface area contributed by atoms with E-state index in [-0.39, 0.29) is 11.9 Å². The van der Waals surface area contributed by atoms with Gasteiger partial charge in [-0.2, -0.15) is 0 Å². The first-order chi connectivity index (χ1) is 8.58. The number of morpholine rings is 1. The van der Waals surface area contributed by atoms with Crippen LogP contribution in [0.2, 0.25) is 10.0 Å². The molecule has 0 saturated carbocycles. The molecule has 3 N–H and O–H groups in total. The lowest BCUT2D eigenvalue weighted by Gasteiger charge is -2.32. The Balaban J connectivity index is 2.05. The van der Waals surface area contributed by atoms with Crippen molar-refractivity contribution in [3.05, 3.63) is 33.8 Å². The van der Waals surface area contributed by atoms with Crippen molar-refractivity contribution in [1.82, 2.24) is 4.90 Å². The summed E-state index contributed by atoms with van der Waals surface area (Å²) in [7, 11) is 0. The highest BCUT2D eigenvalue weighted by molar-refractivity contribution is 6.42. The molecule has 0 aromatic heterocycles. The highest BCUT2D eigenvalue weighted by atomic mass is 35.5. The number of ether oxygens (including phenoxy) is 1. The number of halogens is 2. The lowest BCUT2D eigenvalue weighted by molar-refractivity contribution is 0.00237.